The number of thiophene rings is 1. The van der Waals surface area contributed by atoms with E-state index in [2.05, 4.69) is 9.44 Å². The molecule has 4 rings (SSSR count). The molecule has 1 aromatic carbocycles. The molecule has 0 unspecified atom stereocenters. The van der Waals surface area contributed by atoms with Gasteiger partial charge in [0.1, 0.15) is 0 Å². The summed E-state index contributed by atoms with van der Waals surface area (Å²) in [6.07, 6.45) is 4.03. The molecule has 158 valence electrons. The summed E-state index contributed by atoms with van der Waals surface area (Å²) < 4.78 is 30.9. The minimum absolute atomic E-state index is 0.0322. The summed E-state index contributed by atoms with van der Waals surface area (Å²) in [6.45, 7) is 3.50. The largest absolute Gasteiger partial charge is 0.312 e. The van der Waals surface area contributed by atoms with Gasteiger partial charge in [0.2, 0.25) is 0 Å². The van der Waals surface area contributed by atoms with Gasteiger partial charge in [-0.15, -0.1) is 11.3 Å². The van der Waals surface area contributed by atoms with Gasteiger partial charge in [-0.2, -0.15) is 13.1 Å². The highest BCUT2D eigenvalue weighted by atomic mass is 35.5. The van der Waals surface area contributed by atoms with Crippen molar-refractivity contribution in [3.63, 3.8) is 0 Å². The Labute approximate surface area is 184 Å². The highest BCUT2D eigenvalue weighted by Crippen LogP contribution is 2.38. The van der Waals surface area contributed by atoms with Crippen LogP contribution in [0.3, 0.4) is 0 Å². The van der Waals surface area contributed by atoms with Crippen LogP contribution in [0.5, 0.6) is 0 Å². The predicted octanol–water partition coefficient (Wildman–Crippen LogP) is 4.89. The topological polar surface area (TPSA) is 80.2 Å². The van der Waals surface area contributed by atoms with Crippen molar-refractivity contribution >= 4 is 38.8 Å². The summed E-state index contributed by atoms with van der Waals surface area (Å²) in [7, 11) is -3.65. The smallest absolute Gasteiger partial charge is 0.299 e. The third kappa shape index (κ3) is 4.78. The first kappa shape index (κ1) is 21.1. The summed E-state index contributed by atoms with van der Waals surface area (Å²) in [5.41, 5.74) is 3.26. The SMILES string of the molecule is CC(C)NS(=O)(=O)Nc1ccc(-c2cc(-c3ccc(=O)n(C4CC4)c3)cs2)c(Cl)c1. The van der Waals surface area contributed by atoms with Gasteiger partial charge in [-0.1, -0.05) is 11.6 Å². The van der Waals surface area contributed by atoms with Crippen LogP contribution in [0.2, 0.25) is 5.02 Å². The van der Waals surface area contributed by atoms with Gasteiger partial charge < -0.3 is 4.57 Å². The zero-order valence-electron chi connectivity index (χ0n) is 16.6. The van der Waals surface area contributed by atoms with Crippen molar-refractivity contribution in [2.75, 3.05) is 4.72 Å². The van der Waals surface area contributed by atoms with Gasteiger partial charge in [0.25, 0.3) is 15.8 Å². The maximum atomic E-state index is 12.1. The second-order valence-electron chi connectivity index (χ2n) is 7.67. The molecule has 1 aliphatic carbocycles. The van der Waals surface area contributed by atoms with Crippen LogP contribution in [0.25, 0.3) is 21.6 Å². The molecule has 0 radical (unpaired) electrons. The normalized spacial score (nSPS) is 14.3. The highest BCUT2D eigenvalue weighted by Gasteiger charge is 2.24. The summed E-state index contributed by atoms with van der Waals surface area (Å²) in [6, 6.07) is 10.7. The monoisotopic (exact) mass is 463 g/mol. The average Bonchev–Trinajstić information content (AvgIpc) is 3.38. The molecule has 1 aliphatic rings. The molecule has 6 nitrogen and oxygen atoms in total. The lowest BCUT2D eigenvalue weighted by atomic mass is 10.1. The van der Waals surface area contributed by atoms with Crippen LogP contribution in [0, 0.1) is 0 Å². The van der Waals surface area contributed by atoms with Crippen molar-refractivity contribution < 1.29 is 8.42 Å². The van der Waals surface area contributed by atoms with Crippen LogP contribution in [-0.4, -0.2) is 19.0 Å². The molecule has 0 bridgehead atoms. The van der Waals surface area contributed by atoms with E-state index in [1.54, 1.807) is 49.4 Å². The number of benzene rings is 1. The second kappa shape index (κ2) is 8.19. The molecule has 2 aromatic heterocycles. The van der Waals surface area contributed by atoms with E-state index in [-0.39, 0.29) is 11.6 Å². The van der Waals surface area contributed by atoms with Gasteiger partial charge in [0, 0.05) is 34.8 Å². The van der Waals surface area contributed by atoms with E-state index in [9.17, 15) is 13.2 Å². The maximum absolute atomic E-state index is 12.1. The Kier molecular flexibility index (Phi) is 5.76. The van der Waals surface area contributed by atoms with Gasteiger partial charge in [-0.05, 0) is 73.5 Å². The van der Waals surface area contributed by atoms with Crippen LogP contribution < -0.4 is 15.0 Å². The van der Waals surface area contributed by atoms with E-state index in [0.29, 0.717) is 16.8 Å². The number of nitrogens with zero attached hydrogens (tertiary/aromatic N) is 1. The Hall–Kier alpha value is -2.13. The molecule has 0 aliphatic heterocycles. The van der Waals surface area contributed by atoms with Crippen molar-refractivity contribution in [1.82, 2.24) is 9.29 Å². The zero-order valence-corrected chi connectivity index (χ0v) is 18.9. The number of halogens is 1. The molecule has 2 heterocycles. The second-order valence-corrected chi connectivity index (χ2v) is 10.4. The fraction of sp³-hybridized carbons (Fsp3) is 0.286. The lowest BCUT2D eigenvalue weighted by Gasteiger charge is -2.12. The van der Waals surface area contributed by atoms with Gasteiger partial charge in [-0.25, -0.2) is 0 Å². The minimum atomic E-state index is -3.65. The molecule has 2 N–H and O–H groups in total. The summed E-state index contributed by atoms with van der Waals surface area (Å²) in [4.78, 5) is 13.0. The molecule has 30 heavy (non-hydrogen) atoms. The van der Waals surface area contributed by atoms with Crippen molar-refractivity contribution in [1.29, 1.82) is 0 Å². The first-order valence-electron chi connectivity index (χ1n) is 9.63. The molecule has 1 fully saturated rings. The first-order valence-corrected chi connectivity index (χ1v) is 12.4. The number of nitrogens with one attached hydrogen (secondary N) is 2. The highest BCUT2D eigenvalue weighted by molar-refractivity contribution is 7.90. The molecule has 0 saturated heterocycles. The number of aromatic nitrogens is 1. The molecule has 9 heteroatoms. The third-order valence-electron chi connectivity index (χ3n) is 4.69. The van der Waals surface area contributed by atoms with Crippen LogP contribution >= 0.6 is 22.9 Å². The summed E-state index contributed by atoms with van der Waals surface area (Å²) in [5.74, 6) is 0. The van der Waals surface area contributed by atoms with Gasteiger partial charge in [-0.3, -0.25) is 9.52 Å². The van der Waals surface area contributed by atoms with E-state index in [4.69, 9.17) is 11.6 Å². The van der Waals surface area contributed by atoms with Crippen LogP contribution in [0.4, 0.5) is 5.69 Å². The number of rotatable bonds is 7. The van der Waals surface area contributed by atoms with Crippen molar-refractivity contribution in [3.05, 3.63) is 63.4 Å². The van der Waals surface area contributed by atoms with E-state index in [1.165, 1.54) is 0 Å². The van der Waals surface area contributed by atoms with Gasteiger partial charge in [0.15, 0.2) is 0 Å². The fourth-order valence-electron chi connectivity index (χ4n) is 3.21. The molecule has 0 atom stereocenters. The van der Waals surface area contributed by atoms with Crippen molar-refractivity contribution in [3.8, 4) is 21.6 Å². The lowest BCUT2D eigenvalue weighted by molar-refractivity contribution is 0.575. The number of hydrogen-bond acceptors (Lipinski definition) is 4. The summed E-state index contributed by atoms with van der Waals surface area (Å²) in [5, 5.41) is 2.49. The van der Waals surface area contributed by atoms with Crippen LogP contribution in [0.15, 0.2) is 52.8 Å². The quantitative estimate of drug-likeness (QED) is 0.523. The Bertz CT molecular complexity index is 1240. The number of anilines is 1. The zero-order chi connectivity index (χ0) is 21.5. The average molecular weight is 464 g/mol. The molecule has 0 spiro atoms. The maximum Gasteiger partial charge on any atom is 0.299 e. The third-order valence-corrected chi connectivity index (χ3v) is 7.25. The van der Waals surface area contributed by atoms with Gasteiger partial charge >= 0.3 is 0 Å². The van der Waals surface area contributed by atoms with E-state index in [1.807, 2.05) is 28.3 Å². The standard InChI is InChI=1S/C21H22ClN3O3S2/c1-13(2)23-30(27,28)24-16-4-7-18(19(22)10-16)20-9-15(12-29-20)14-3-8-21(26)25(11-14)17-5-6-17/h3-4,7-13,17,23-24H,5-6H2,1-2H3. The van der Waals surface area contributed by atoms with Crippen LogP contribution in [0.1, 0.15) is 32.7 Å². The van der Waals surface area contributed by atoms with E-state index < -0.39 is 10.2 Å². The van der Waals surface area contributed by atoms with Crippen LogP contribution in [-0.2, 0) is 10.2 Å². The Balaban J connectivity index is 1.58. The Morgan fingerprint density at radius 1 is 1.13 bits per heavy atom. The molecular formula is C21H22ClN3O3S2. The van der Waals surface area contributed by atoms with Crippen molar-refractivity contribution in [2.24, 2.45) is 0 Å². The molecule has 3 aromatic rings. The van der Waals surface area contributed by atoms with E-state index >= 15 is 0 Å². The first-order chi connectivity index (χ1) is 14.2. The summed E-state index contributed by atoms with van der Waals surface area (Å²) >= 11 is 8.01. The molecular weight excluding hydrogens is 442 g/mol. The van der Waals surface area contributed by atoms with Gasteiger partial charge in [0.05, 0.1) is 10.7 Å². The predicted molar refractivity (Wildman–Crippen MR) is 124 cm³/mol. The Morgan fingerprint density at radius 3 is 2.57 bits per heavy atom. The minimum Gasteiger partial charge on any atom is -0.312 e. The number of hydrogen-bond donors (Lipinski definition) is 2. The molecule has 0 amide bonds. The lowest BCUT2D eigenvalue weighted by Crippen LogP contribution is -2.35. The van der Waals surface area contributed by atoms with Crippen molar-refractivity contribution in [2.45, 2.75) is 38.8 Å². The Morgan fingerprint density at radius 2 is 1.90 bits per heavy atom. The van der Waals surface area contributed by atoms with E-state index in [0.717, 1.165) is 34.4 Å². The fourth-order valence-corrected chi connectivity index (χ4v) is 5.63. The number of pyridine rings is 1. The molecule has 1 saturated carbocycles.